The van der Waals surface area contributed by atoms with Gasteiger partial charge in [0.2, 0.25) is 0 Å². The standard InChI is InChI=1S/C22H35NO4/c1-5-6-7-8-9-14-26-18-10-11-20-19(15-18)17(12-13-24)16-23(20)21(25)27-22(2,3)4/h10-11,15,17,24H,5-9,12-14,16H2,1-4H3. The first-order chi connectivity index (χ1) is 12.9. The van der Waals surface area contributed by atoms with Crippen LogP contribution in [0.15, 0.2) is 18.2 Å². The molecule has 1 atom stereocenters. The van der Waals surface area contributed by atoms with Crippen molar-refractivity contribution in [1.82, 2.24) is 0 Å². The Balaban J connectivity index is 2.04. The van der Waals surface area contributed by atoms with E-state index in [2.05, 4.69) is 6.92 Å². The fourth-order valence-electron chi connectivity index (χ4n) is 3.40. The van der Waals surface area contributed by atoms with E-state index in [1.54, 1.807) is 4.90 Å². The van der Waals surface area contributed by atoms with Crippen molar-refractivity contribution < 1.29 is 19.4 Å². The average molecular weight is 378 g/mol. The van der Waals surface area contributed by atoms with Gasteiger partial charge in [-0.05, 0) is 57.4 Å². The van der Waals surface area contributed by atoms with Gasteiger partial charge in [-0.15, -0.1) is 0 Å². The van der Waals surface area contributed by atoms with Gasteiger partial charge in [0.1, 0.15) is 11.4 Å². The fraction of sp³-hybridized carbons (Fsp3) is 0.682. The maximum Gasteiger partial charge on any atom is 0.414 e. The summed E-state index contributed by atoms with van der Waals surface area (Å²) in [5.41, 5.74) is 1.38. The van der Waals surface area contributed by atoms with E-state index in [9.17, 15) is 9.90 Å². The SMILES string of the molecule is CCCCCCCOc1ccc2c(c1)C(CCO)CN2C(=O)OC(C)(C)C. The Morgan fingerprint density at radius 2 is 1.96 bits per heavy atom. The van der Waals surface area contributed by atoms with Crippen molar-refractivity contribution in [3.63, 3.8) is 0 Å². The quantitative estimate of drug-likeness (QED) is 0.597. The van der Waals surface area contributed by atoms with Gasteiger partial charge in [0.05, 0.1) is 12.3 Å². The summed E-state index contributed by atoms with van der Waals surface area (Å²) < 4.78 is 11.5. The molecule has 0 spiro atoms. The molecule has 1 unspecified atom stereocenters. The fourth-order valence-corrected chi connectivity index (χ4v) is 3.40. The van der Waals surface area contributed by atoms with Crippen molar-refractivity contribution in [3.05, 3.63) is 23.8 Å². The number of nitrogens with zero attached hydrogens (tertiary/aromatic N) is 1. The Labute approximate surface area is 163 Å². The molecule has 0 radical (unpaired) electrons. The summed E-state index contributed by atoms with van der Waals surface area (Å²) in [6.45, 7) is 9.15. The second-order valence-corrected chi connectivity index (χ2v) is 8.28. The molecule has 1 aromatic carbocycles. The minimum atomic E-state index is -0.535. The minimum absolute atomic E-state index is 0.0920. The van der Waals surface area contributed by atoms with E-state index < -0.39 is 5.60 Å². The Kier molecular flexibility index (Phi) is 7.96. The van der Waals surface area contributed by atoms with Gasteiger partial charge in [-0.25, -0.2) is 4.79 Å². The molecule has 0 bridgehead atoms. The first-order valence-corrected chi connectivity index (χ1v) is 10.2. The molecule has 1 heterocycles. The third-order valence-electron chi connectivity index (χ3n) is 4.74. The average Bonchev–Trinajstić information content (AvgIpc) is 2.95. The third-order valence-corrected chi connectivity index (χ3v) is 4.74. The predicted octanol–water partition coefficient (Wildman–Crippen LogP) is 5.26. The number of carbonyl (C=O) groups excluding carboxylic acids is 1. The van der Waals surface area contributed by atoms with Crippen LogP contribution in [0.2, 0.25) is 0 Å². The molecule has 5 nitrogen and oxygen atoms in total. The van der Waals surface area contributed by atoms with Crippen molar-refractivity contribution >= 4 is 11.8 Å². The number of carbonyl (C=O) groups is 1. The van der Waals surface area contributed by atoms with Crippen molar-refractivity contribution in [2.75, 3.05) is 24.7 Å². The summed E-state index contributed by atoms with van der Waals surface area (Å²) in [6, 6.07) is 5.87. The molecule has 0 saturated carbocycles. The van der Waals surface area contributed by atoms with Crippen LogP contribution in [-0.2, 0) is 4.74 Å². The lowest BCUT2D eigenvalue weighted by molar-refractivity contribution is 0.0581. The van der Waals surface area contributed by atoms with Crippen molar-refractivity contribution in [3.8, 4) is 5.75 Å². The highest BCUT2D eigenvalue weighted by Gasteiger charge is 2.34. The number of aliphatic hydroxyl groups is 1. The Morgan fingerprint density at radius 1 is 1.22 bits per heavy atom. The molecule has 27 heavy (non-hydrogen) atoms. The van der Waals surface area contributed by atoms with Gasteiger partial charge in [0, 0.05) is 19.1 Å². The van der Waals surface area contributed by atoms with Crippen LogP contribution in [0.5, 0.6) is 5.75 Å². The zero-order valence-corrected chi connectivity index (χ0v) is 17.3. The van der Waals surface area contributed by atoms with E-state index in [1.807, 2.05) is 39.0 Å². The molecule has 2 rings (SSSR count). The third kappa shape index (κ3) is 6.42. The van der Waals surface area contributed by atoms with Crippen molar-refractivity contribution in [1.29, 1.82) is 0 Å². The van der Waals surface area contributed by atoms with Crippen LogP contribution in [0.4, 0.5) is 10.5 Å². The summed E-state index contributed by atoms with van der Waals surface area (Å²) in [6.07, 6.45) is 6.31. The van der Waals surface area contributed by atoms with Crippen LogP contribution < -0.4 is 9.64 Å². The highest BCUT2D eigenvalue weighted by Crippen LogP contribution is 2.40. The van der Waals surface area contributed by atoms with Gasteiger partial charge < -0.3 is 14.6 Å². The van der Waals surface area contributed by atoms with Crippen LogP contribution in [0.25, 0.3) is 0 Å². The van der Waals surface area contributed by atoms with Crippen LogP contribution in [-0.4, -0.2) is 36.6 Å². The molecule has 1 amide bonds. The number of unbranched alkanes of at least 4 members (excludes halogenated alkanes) is 4. The minimum Gasteiger partial charge on any atom is -0.494 e. The first-order valence-electron chi connectivity index (χ1n) is 10.2. The van der Waals surface area contributed by atoms with Gasteiger partial charge in [-0.2, -0.15) is 0 Å². The van der Waals surface area contributed by atoms with Gasteiger partial charge in [-0.3, -0.25) is 4.90 Å². The number of amides is 1. The summed E-state index contributed by atoms with van der Waals surface area (Å²) in [7, 11) is 0. The predicted molar refractivity (Wildman–Crippen MR) is 109 cm³/mol. The van der Waals surface area contributed by atoms with E-state index in [0.29, 0.717) is 19.6 Å². The topological polar surface area (TPSA) is 59.0 Å². The van der Waals surface area contributed by atoms with Gasteiger partial charge in [0.25, 0.3) is 0 Å². The normalized spacial score (nSPS) is 16.3. The van der Waals surface area contributed by atoms with Crippen LogP contribution in [0.1, 0.15) is 77.7 Å². The van der Waals surface area contributed by atoms with E-state index in [0.717, 1.165) is 23.4 Å². The lowest BCUT2D eigenvalue weighted by Gasteiger charge is -2.25. The highest BCUT2D eigenvalue weighted by atomic mass is 16.6. The number of fused-ring (bicyclic) bond motifs is 1. The number of rotatable bonds is 9. The summed E-state index contributed by atoms with van der Waals surface area (Å²) in [5, 5.41) is 9.41. The largest absolute Gasteiger partial charge is 0.494 e. The summed E-state index contributed by atoms with van der Waals surface area (Å²) >= 11 is 0. The molecular weight excluding hydrogens is 342 g/mol. The lowest BCUT2D eigenvalue weighted by atomic mass is 9.98. The molecule has 1 N–H and O–H groups in total. The molecule has 152 valence electrons. The summed E-state index contributed by atoms with van der Waals surface area (Å²) in [4.78, 5) is 14.2. The molecule has 1 aliphatic heterocycles. The maximum absolute atomic E-state index is 12.6. The monoisotopic (exact) mass is 377 g/mol. The molecule has 0 aliphatic carbocycles. The zero-order chi connectivity index (χ0) is 19.9. The van der Waals surface area contributed by atoms with Crippen LogP contribution in [0.3, 0.4) is 0 Å². The van der Waals surface area contributed by atoms with Gasteiger partial charge in [0.15, 0.2) is 0 Å². The number of aliphatic hydroxyl groups excluding tert-OH is 1. The lowest BCUT2D eigenvalue weighted by Crippen LogP contribution is -2.36. The second kappa shape index (κ2) is 9.98. The van der Waals surface area contributed by atoms with E-state index in [4.69, 9.17) is 9.47 Å². The molecule has 1 aliphatic rings. The first kappa shape index (κ1) is 21.5. The Hall–Kier alpha value is -1.75. The molecule has 1 aromatic rings. The smallest absolute Gasteiger partial charge is 0.414 e. The van der Waals surface area contributed by atoms with Crippen molar-refractivity contribution in [2.45, 2.75) is 77.7 Å². The van der Waals surface area contributed by atoms with E-state index >= 15 is 0 Å². The Bertz CT molecular complexity index is 609. The van der Waals surface area contributed by atoms with Gasteiger partial charge >= 0.3 is 6.09 Å². The number of hydrogen-bond donors (Lipinski definition) is 1. The molecule has 0 fully saturated rings. The van der Waals surface area contributed by atoms with Crippen LogP contribution in [0, 0.1) is 0 Å². The van der Waals surface area contributed by atoms with Crippen molar-refractivity contribution in [2.24, 2.45) is 0 Å². The van der Waals surface area contributed by atoms with E-state index in [-0.39, 0.29) is 18.6 Å². The number of hydrogen-bond acceptors (Lipinski definition) is 4. The van der Waals surface area contributed by atoms with E-state index in [1.165, 1.54) is 25.7 Å². The van der Waals surface area contributed by atoms with Gasteiger partial charge in [-0.1, -0.05) is 32.6 Å². The number of benzene rings is 1. The molecular formula is C22H35NO4. The Morgan fingerprint density at radius 3 is 2.63 bits per heavy atom. The van der Waals surface area contributed by atoms with Crippen LogP contribution >= 0.6 is 0 Å². The molecule has 0 saturated heterocycles. The zero-order valence-electron chi connectivity index (χ0n) is 17.3. The highest BCUT2D eigenvalue weighted by molar-refractivity contribution is 5.91. The number of anilines is 1. The molecule has 0 aromatic heterocycles. The summed E-state index contributed by atoms with van der Waals surface area (Å²) in [5.74, 6) is 0.934. The number of ether oxygens (including phenoxy) is 2. The maximum atomic E-state index is 12.6. The second-order valence-electron chi connectivity index (χ2n) is 8.28. The molecule has 5 heteroatoms.